The number of nitrogens with zero attached hydrogens (tertiary/aromatic N) is 1. The SMILES string of the molecule is COC(=O)c1c(-c2ccc([N+](=O)[O-])cc2)oc2cc(OC)ccc2c1=O. The number of non-ortho nitro benzene ring substituents is 1. The highest BCUT2D eigenvalue weighted by molar-refractivity contribution is 5.99. The molecule has 0 radical (unpaired) electrons. The van der Waals surface area contributed by atoms with Gasteiger partial charge in [0.25, 0.3) is 5.69 Å². The lowest BCUT2D eigenvalue weighted by Gasteiger charge is -2.09. The first-order chi connectivity index (χ1) is 12.5. The number of esters is 1. The summed E-state index contributed by atoms with van der Waals surface area (Å²) in [5.74, 6) is -0.413. The van der Waals surface area contributed by atoms with Crippen LogP contribution in [0.1, 0.15) is 10.4 Å². The molecule has 0 atom stereocenters. The van der Waals surface area contributed by atoms with Crippen LogP contribution >= 0.6 is 0 Å². The van der Waals surface area contributed by atoms with Gasteiger partial charge in [-0.05, 0) is 24.3 Å². The molecule has 2 aromatic carbocycles. The van der Waals surface area contributed by atoms with Crippen LogP contribution in [-0.2, 0) is 4.74 Å². The summed E-state index contributed by atoms with van der Waals surface area (Å²) in [5, 5.41) is 11.0. The zero-order valence-corrected chi connectivity index (χ0v) is 13.8. The highest BCUT2D eigenvalue weighted by atomic mass is 16.6. The molecular weight excluding hydrogens is 342 g/mol. The highest BCUT2D eigenvalue weighted by Gasteiger charge is 2.23. The van der Waals surface area contributed by atoms with Gasteiger partial charge in [0, 0.05) is 23.8 Å². The van der Waals surface area contributed by atoms with Crippen molar-refractivity contribution in [2.24, 2.45) is 0 Å². The van der Waals surface area contributed by atoms with Crippen molar-refractivity contribution >= 4 is 22.6 Å². The van der Waals surface area contributed by atoms with Crippen LogP contribution in [0.2, 0.25) is 0 Å². The monoisotopic (exact) mass is 355 g/mol. The fraction of sp³-hybridized carbons (Fsp3) is 0.111. The van der Waals surface area contributed by atoms with E-state index in [4.69, 9.17) is 13.9 Å². The molecule has 8 nitrogen and oxygen atoms in total. The van der Waals surface area contributed by atoms with Crippen molar-refractivity contribution in [1.29, 1.82) is 0 Å². The number of carbonyl (C=O) groups is 1. The molecule has 0 N–H and O–H groups in total. The minimum absolute atomic E-state index is 0.0301. The van der Waals surface area contributed by atoms with E-state index in [2.05, 4.69) is 0 Å². The Bertz CT molecular complexity index is 1070. The van der Waals surface area contributed by atoms with Crippen molar-refractivity contribution in [3.05, 3.63) is 68.4 Å². The molecule has 0 saturated carbocycles. The first-order valence-electron chi connectivity index (χ1n) is 7.44. The molecule has 0 aliphatic heterocycles. The quantitative estimate of drug-likeness (QED) is 0.402. The molecule has 0 spiro atoms. The average molecular weight is 355 g/mol. The third kappa shape index (κ3) is 2.88. The van der Waals surface area contributed by atoms with Gasteiger partial charge in [-0.25, -0.2) is 4.79 Å². The summed E-state index contributed by atoms with van der Waals surface area (Å²) in [7, 11) is 2.62. The second kappa shape index (κ2) is 6.67. The van der Waals surface area contributed by atoms with Gasteiger partial charge in [-0.1, -0.05) is 0 Å². The van der Waals surface area contributed by atoms with Crippen LogP contribution in [0.25, 0.3) is 22.3 Å². The predicted octanol–water partition coefficient (Wildman–Crippen LogP) is 3.16. The van der Waals surface area contributed by atoms with Crippen molar-refractivity contribution in [3.63, 3.8) is 0 Å². The van der Waals surface area contributed by atoms with E-state index in [0.29, 0.717) is 11.3 Å². The lowest BCUT2D eigenvalue weighted by atomic mass is 10.0. The molecule has 3 aromatic rings. The maximum absolute atomic E-state index is 12.8. The van der Waals surface area contributed by atoms with Gasteiger partial charge in [0.05, 0.1) is 24.5 Å². The Kier molecular flexibility index (Phi) is 4.40. The molecule has 3 rings (SSSR count). The molecule has 0 bridgehead atoms. The smallest absolute Gasteiger partial charge is 0.345 e. The molecule has 0 fully saturated rings. The molecule has 1 aromatic heterocycles. The number of rotatable bonds is 4. The second-order valence-corrected chi connectivity index (χ2v) is 5.29. The number of hydrogen-bond donors (Lipinski definition) is 0. The Balaban J connectivity index is 2.32. The van der Waals surface area contributed by atoms with Crippen LogP contribution in [0.4, 0.5) is 5.69 Å². The van der Waals surface area contributed by atoms with E-state index in [1.165, 1.54) is 43.5 Å². The van der Waals surface area contributed by atoms with Gasteiger partial charge in [0.2, 0.25) is 5.43 Å². The van der Waals surface area contributed by atoms with Crippen LogP contribution in [0.3, 0.4) is 0 Å². The highest BCUT2D eigenvalue weighted by Crippen LogP contribution is 2.29. The van der Waals surface area contributed by atoms with E-state index < -0.39 is 16.3 Å². The van der Waals surface area contributed by atoms with Crippen LogP contribution in [0.15, 0.2) is 51.7 Å². The molecule has 132 valence electrons. The van der Waals surface area contributed by atoms with Crippen LogP contribution < -0.4 is 10.2 Å². The Morgan fingerprint density at radius 2 is 1.81 bits per heavy atom. The standard InChI is InChI=1S/C18H13NO7/c1-24-12-7-8-13-14(9-12)26-17(15(16(13)20)18(21)25-2)10-3-5-11(6-4-10)19(22)23/h3-9H,1-2H3. The number of hydrogen-bond acceptors (Lipinski definition) is 7. The topological polar surface area (TPSA) is 109 Å². The Labute approximate surface area is 146 Å². The number of benzene rings is 2. The average Bonchev–Trinajstić information content (AvgIpc) is 2.66. The molecule has 8 heteroatoms. The molecule has 0 unspecified atom stereocenters. The van der Waals surface area contributed by atoms with Crippen molar-refractivity contribution in [2.75, 3.05) is 14.2 Å². The van der Waals surface area contributed by atoms with Crippen LogP contribution in [0.5, 0.6) is 5.75 Å². The first kappa shape index (κ1) is 17.2. The van der Waals surface area contributed by atoms with E-state index in [9.17, 15) is 19.7 Å². The summed E-state index contributed by atoms with van der Waals surface area (Å²) in [6, 6.07) is 9.90. The third-order valence-corrected chi connectivity index (χ3v) is 3.83. The number of carbonyl (C=O) groups excluding carboxylic acids is 1. The fourth-order valence-electron chi connectivity index (χ4n) is 2.53. The van der Waals surface area contributed by atoms with Gasteiger partial charge in [0.15, 0.2) is 11.3 Å². The van der Waals surface area contributed by atoms with Gasteiger partial charge in [-0.3, -0.25) is 14.9 Å². The molecule has 1 heterocycles. The number of ether oxygens (including phenoxy) is 2. The van der Waals surface area contributed by atoms with Crippen LogP contribution in [0, 0.1) is 10.1 Å². The van der Waals surface area contributed by atoms with Gasteiger partial charge in [-0.2, -0.15) is 0 Å². The minimum Gasteiger partial charge on any atom is -0.497 e. The van der Waals surface area contributed by atoms with Gasteiger partial charge >= 0.3 is 5.97 Å². The number of nitro groups is 1. The second-order valence-electron chi connectivity index (χ2n) is 5.29. The summed E-state index contributed by atoms with van der Waals surface area (Å²) in [4.78, 5) is 35.2. The van der Waals surface area contributed by atoms with E-state index in [1.807, 2.05) is 0 Å². The summed E-state index contributed by atoms with van der Waals surface area (Å²) >= 11 is 0. The molecule has 26 heavy (non-hydrogen) atoms. The Hall–Kier alpha value is -3.68. The first-order valence-corrected chi connectivity index (χ1v) is 7.44. The van der Waals surface area contributed by atoms with Crippen LogP contribution in [-0.4, -0.2) is 25.1 Å². The van der Waals surface area contributed by atoms with Crippen molar-refractivity contribution in [2.45, 2.75) is 0 Å². The van der Waals surface area contributed by atoms with Gasteiger partial charge in [0.1, 0.15) is 11.3 Å². The zero-order chi connectivity index (χ0) is 18.8. The fourth-order valence-corrected chi connectivity index (χ4v) is 2.53. The summed E-state index contributed by atoms with van der Waals surface area (Å²) in [6.07, 6.45) is 0. The summed E-state index contributed by atoms with van der Waals surface area (Å²) < 4.78 is 15.6. The molecule has 0 saturated heterocycles. The van der Waals surface area contributed by atoms with E-state index in [1.54, 1.807) is 6.07 Å². The van der Waals surface area contributed by atoms with E-state index in [-0.39, 0.29) is 28.0 Å². The maximum Gasteiger partial charge on any atom is 0.345 e. The molecular formula is C18H13NO7. The lowest BCUT2D eigenvalue weighted by Crippen LogP contribution is -2.18. The largest absolute Gasteiger partial charge is 0.497 e. The predicted molar refractivity (Wildman–Crippen MR) is 92.5 cm³/mol. The Morgan fingerprint density at radius 3 is 2.38 bits per heavy atom. The zero-order valence-electron chi connectivity index (χ0n) is 13.8. The maximum atomic E-state index is 12.8. The summed E-state index contributed by atoms with van der Waals surface area (Å²) in [6.45, 7) is 0. The normalized spacial score (nSPS) is 10.5. The lowest BCUT2D eigenvalue weighted by molar-refractivity contribution is -0.384. The van der Waals surface area contributed by atoms with E-state index >= 15 is 0 Å². The van der Waals surface area contributed by atoms with Gasteiger partial charge < -0.3 is 13.9 Å². The number of fused-ring (bicyclic) bond motifs is 1. The van der Waals surface area contributed by atoms with Crippen molar-refractivity contribution in [3.8, 4) is 17.1 Å². The number of methoxy groups -OCH3 is 2. The Morgan fingerprint density at radius 1 is 1.12 bits per heavy atom. The van der Waals surface area contributed by atoms with Crippen molar-refractivity contribution < 1.29 is 23.6 Å². The minimum atomic E-state index is -0.857. The van der Waals surface area contributed by atoms with E-state index in [0.717, 1.165) is 7.11 Å². The van der Waals surface area contributed by atoms with Crippen molar-refractivity contribution in [1.82, 2.24) is 0 Å². The van der Waals surface area contributed by atoms with Gasteiger partial charge in [-0.15, -0.1) is 0 Å². The molecule has 0 aliphatic carbocycles. The molecule has 0 aliphatic rings. The summed E-state index contributed by atoms with van der Waals surface area (Å²) in [5.41, 5.74) is -0.417. The molecule has 0 amide bonds. The number of nitro benzene ring substituents is 1. The third-order valence-electron chi connectivity index (χ3n) is 3.83.